The summed E-state index contributed by atoms with van der Waals surface area (Å²) in [7, 11) is 0. The van der Waals surface area contributed by atoms with Gasteiger partial charge < -0.3 is 10.2 Å². The Balaban J connectivity index is 2.77. The van der Waals surface area contributed by atoms with Crippen molar-refractivity contribution in [2.45, 2.75) is 31.8 Å². The number of carboxylic acid groups (broad SMARTS) is 1. The van der Waals surface area contributed by atoms with Gasteiger partial charge in [0, 0.05) is 0 Å². The molecule has 0 radical (unpaired) electrons. The molecule has 0 saturated carbocycles. The Labute approximate surface area is 97.5 Å². The molecule has 0 aliphatic carbocycles. The van der Waals surface area contributed by atoms with Crippen LogP contribution in [0.3, 0.4) is 0 Å². The minimum Gasteiger partial charge on any atom is -0.479 e. The summed E-state index contributed by atoms with van der Waals surface area (Å²) in [5.74, 6) is -1.66. The molecule has 0 aromatic carbocycles. The summed E-state index contributed by atoms with van der Waals surface area (Å²) in [5, 5.41) is 20.5. The van der Waals surface area contributed by atoms with Gasteiger partial charge in [0.05, 0.1) is 11.3 Å². The van der Waals surface area contributed by atoms with Gasteiger partial charge in [-0.15, -0.1) is 11.3 Å². The first kappa shape index (κ1) is 12.9. The van der Waals surface area contributed by atoms with E-state index < -0.39 is 11.6 Å². The predicted octanol–water partition coefficient (Wildman–Crippen LogP) is 1.94. The number of carboxylic acids is 1. The third-order valence-corrected chi connectivity index (χ3v) is 3.22. The van der Waals surface area contributed by atoms with Crippen LogP contribution in [-0.2, 0) is 4.79 Å². The molecule has 0 aliphatic rings. The van der Waals surface area contributed by atoms with Crippen LogP contribution in [0, 0.1) is 0 Å². The molecule has 1 atom stereocenters. The summed E-state index contributed by atoms with van der Waals surface area (Å²) in [6.45, 7) is 1.77. The normalized spacial score (nSPS) is 14.4. The largest absolute Gasteiger partial charge is 0.479 e. The van der Waals surface area contributed by atoms with Gasteiger partial charge in [-0.1, -0.05) is 19.4 Å². The summed E-state index contributed by atoms with van der Waals surface area (Å²) in [4.78, 5) is 23.1. The molecule has 1 aromatic rings. The van der Waals surface area contributed by atoms with E-state index in [1.54, 1.807) is 24.4 Å². The highest BCUT2D eigenvalue weighted by atomic mass is 32.1. The van der Waals surface area contributed by atoms with Crippen molar-refractivity contribution in [2.24, 2.45) is 0 Å². The molecule has 0 saturated heterocycles. The number of aliphatic hydroxyl groups is 1. The minimum atomic E-state index is -1.93. The van der Waals surface area contributed by atoms with Gasteiger partial charge in [-0.05, 0) is 17.9 Å². The van der Waals surface area contributed by atoms with E-state index in [1.165, 1.54) is 11.3 Å². The van der Waals surface area contributed by atoms with E-state index in [4.69, 9.17) is 5.11 Å². The zero-order valence-corrected chi connectivity index (χ0v) is 9.79. The quantitative estimate of drug-likeness (QED) is 0.747. The lowest BCUT2D eigenvalue weighted by Gasteiger charge is -2.21. The van der Waals surface area contributed by atoms with Crippen LogP contribution in [0.15, 0.2) is 17.5 Å². The van der Waals surface area contributed by atoms with Crippen LogP contribution < -0.4 is 0 Å². The summed E-state index contributed by atoms with van der Waals surface area (Å²) < 4.78 is 0. The number of hydrogen-bond acceptors (Lipinski definition) is 4. The topological polar surface area (TPSA) is 74.6 Å². The van der Waals surface area contributed by atoms with Crippen molar-refractivity contribution in [3.63, 3.8) is 0 Å². The van der Waals surface area contributed by atoms with Gasteiger partial charge in [0.15, 0.2) is 11.4 Å². The Morgan fingerprint density at radius 1 is 1.50 bits per heavy atom. The standard InChI is InChI=1S/C11H14O4S/c1-2-5-11(15,10(13)14)7-8(12)9-4-3-6-16-9/h3-4,6,15H,2,5,7H2,1H3,(H,13,14). The molecule has 16 heavy (non-hydrogen) atoms. The van der Waals surface area contributed by atoms with Gasteiger partial charge in [0.1, 0.15) is 0 Å². The lowest BCUT2D eigenvalue weighted by atomic mass is 9.91. The number of hydrogen-bond donors (Lipinski definition) is 2. The molecule has 2 N–H and O–H groups in total. The highest BCUT2D eigenvalue weighted by molar-refractivity contribution is 7.12. The third kappa shape index (κ3) is 2.90. The fraction of sp³-hybridized carbons (Fsp3) is 0.455. The maximum Gasteiger partial charge on any atom is 0.336 e. The number of carbonyl (C=O) groups excluding carboxylic acids is 1. The van der Waals surface area contributed by atoms with E-state index >= 15 is 0 Å². The van der Waals surface area contributed by atoms with Crippen LogP contribution in [0.5, 0.6) is 0 Å². The predicted molar refractivity (Wildman–Crippen MR) is 60.8 cm³/mol. The number of rotatable bonds is 6. The fourth-order valence-electron chi connectivity index (χ4n) is 1.47. The van der Waals surface area contributed by atoms with Gasteiger partial charge in [-0.2, -0.15) is 0 Å². The molecule has 1 rings (SSSR count). The molecule has 1 aromatic heterocycles. The lowest BCUT2D eigenvalue weighted by Crippen LogP contribution is -2.40. The highest BCUT2D eigenvalue weighted by Crippen LogP contribution is 2.22. The lowest BCUT2D eigenvalue weighted by molar-refractivity contribution is -0.158. The molecule has 0 spiro atoms. The Kier molecular flexibility index (Phi) is 4.20. The van der Waals surface area contributed by atoms with Crippen LogP contribution >= 0.6 is 11.3 Å². The number of carbonyl (C=O) groups is 2. The molecular weight excluding hydrogens is 228 g/mol. The van der Waals surface area contributed by atoms with Crippen molar-refractivity contribution in [3.05, 3.63) is 22.4 Å². The van der Waals surface area contributed by atoms with E-state index in [0.29, 0.717) is 11.3 Å². The Morgan fingerprint density at radius 2 is 2.19 bits per heavy atom. The Hall–Kier alpha value is -1.20. The van der Waals surface area contributed by atoms with Gasteiger partial charge >= 0.3 is 5.97 Å². The molecule has 88 valence electrons. The van der Waals surface area contributed by atoms with E-state index in [2.05, 4.69) is 0 Å². The zero-order valence-electron chi connectivity index (χ0n) is 8.97. The summed E-state index contributed by atoms with van der Waals surface area (Å²) in [6.07, 6.45) is 0.233. The molecule has 4 nitrogen and oxygen atoms in total. The van der Waals surface area contributed by atoms with Crippen molar-refractivity contribution in [1.29, 1.82) is 0 Å². The van der Waals surface area contributed by atoms with Crippen LogP contribution in [0.4, 0.5) is 0 Å². The van der Waals surface area contributed by atoms with E-state index in [-0.39, 0.29) is 18.6 Å². The third-order valence-electron chi connectivity index (χ3n) is 2.31. The molecule has 0 aliphatic heterocycles. The van der Waals surface area contributed by atoms with Crippen LogP contribution in [-0.4, -0.2) is 27.6 Å². The van der Waals surface area contributed by atoms with E-state index in [1.807, 2.05) is 0 Å². The highest BCUT2D eigenvalue weighted by Gasteiger charge is 2.37. The number of aliphatic carboxylic acids is 1. The second kappa shape index (κ2) is 5.23. The Morgan fingerprint density at radius 3 is 2.62 bits per heavy atom. The second-order valence-electron chi connectivity index (χ2n) is 3.66. The second-order valence-corrected chi connectivity index (χ2v) is 4.61. The SMILES string of the molecule is CCCC(O)(CC(=O)c1cccs1)C(=O)O. The van der Waals surface area contributed by atoms with Crippen molar-refractivity contribution < 1.29 is 19.8 Å². The first-order valence-corrected chi connectivity index (χ1v) is 5.90. The van der Waals surface area contributed by atoms with Crippen molar-refractivity contribution in [2.75, 3.05) is 0 Å². The summed E-state index contributed by atoms with van der Waals surface area (Å²) in [6, 6.07) is 3.35. The molecule has 0 amide bonds. The van der Waals surface area contributed by atoms with Crippen LogP contribution in [0.2, 0.25) is 0 Å². The maximum atomic E-state index is 11.7. The van der Waals surface area contributed by atoms with E-state index in [9.17, 15) is 14.7 Å². The first-order chi connectivity index (χ1) is 7.49. The fourth-order valence-corrected chi connectivity index (χ4v) is 2.14. The Bertz CT molecular complexity index is 371. The summed E-state index contributed by atoms with van der Waals surface area (Å²) >= 11 is 1.25. The van der Waals surface area contributed by atoms with Crippen LogP contribution in [0.25, 0.3) is 0 Å². The molecule has 0 bridgehead atoms. The van der Waals surface area contributed by atoms with Gasteiger partial charge in [0.2, 0.25) is 0 Å². The average Bonchev–Trinajstić information content (AvgIpc) is 2.70. The zero-order chi connectivity index (χ0) is 12.2. The maximum absolute atomic E-state index is 11.7. The molecule has 0 fully saturated rings. The molecule has 1 heterocycles. The smallest absolute Gasteiger partial charge is 0.336 e. The minimum absolute atomic E-state index is 0.0828. The van der Waals surface area contributed by atoms with Gasteiger partial charge in [-0.3, -0.25) is 4.79 Å². The average molecular weight is 242 g/mol. The molecular formula is C11H14O4S. The van der Waals surface area contributed by atoms with Gasteiger partial charge in [0.25, 0.3) is 0 Å². The van der Waals surface area contributed by atoms with Crippen LogP contribution in [0.1, 0.15) is 35.9 Å². The molecule has 1 unspecified atom stereocenters. The summed E-state index contributed by atoms with van der Waals surface area (Å²) in [5.41, 5.74) is -1.93. The van der Waals surface area contributed by atoms with E-state index in [0.717, 1.165) is 0 Å². The number of thiophene rings is 1. The number of Topliss-reactive ketones (excluding diaryl/α,β-unsaturated/α-hetero) is 1. The van der Waals surface area contributed by atoms with Crippen molar-refractivity contribution >= 4 is 23.1 Å². The van der Waals surface area contributed by atoms with Crippen molar-refractivity contribution in [3.8, 4) is 0 Å². The first-order valence-electron chi connectivity index (χ1n) is 5.02. The van der Waals surface area contributed by atoms with Crippen molar-refractivity contribution in [1.82, 2.24) is 0 Å². The van der Waals surface area contributed by atoms with Gasteiger partial charge in [-0.25, -0.2) is 4.79 Å². The number of ketones is 1. The monoisotopic (exact) mass is 242 g/mol. The molecule has 5 heteroatoms.